The standard InChI is InChI=1S/C23H16F6N2O/c1-12-5-6-16-19(7-12)31(18-4-2-3-17(20(16)18)21(30)32)11-13-8-14(22(24,25)26)10-15(9-13)23(27,28)29/h2-10H,11H2,1H3,(H2,30,32). The van der Waals surface area contributed by atoms with Crippen molar-refractivity contribution in [2.75, 3.05) is 0 Å². The molecule has 0 unspecified atom stereocenters. The number of fused-ring (bicyclic) bond motifs is 3. The second kappa shape index (κ2) is 7.29. The van der Waals surface area contributed by atoms with Crippen molar-refractivity contribution in [3.8, 4) is 0 Å². The van der Waals surface area contributed by atoms with Crippen LogP contribution < -0.4 is 5.73 Å². The maximum absolute atomic E-state index is 13.3. The second-order valence-corrected chi connectivity index (χ2v) is 7.58. The molecule has 166 valence electrons. The van der Waals surface area contributed by atoms with Crippen LogP contribution in [-0.2, 0) is 18.9 Å². The number of hydrogen-bond acceptors (Lipinski definition) is 1. The molecule has 0 aliphatic carbocycles. The lowest BCUT2D eigenvalue weighted by Crippen LogP contribution is -2.13. The molecule has 0 radical (unpaired) electrons. The van der Waals surface area contributed by atoms with E-state index in [4.69, 9.17) is 5.73 Å². The van der Waals surface area contributed by atoms with Crippen LogP contribution in [0.3, 0.4) is 0 Å². The summed E-state index contributed by atoms with van der Waals surface area (Å²) in [6, 6.07) is 11.6. The van der Waals surface area contributed by atoms with Crippen molar-refractivity contribution in [2.24, 2.45) is 5.73 Å². The molecule has 0 atom stereocenters. The third kappa shape index (κ3) is 3.79. The van der Waals surface area contributed by atoms with Crippen LogP contribution in [0.5, 0.6) is 0 Å². The zero-order valence-corrected chi connectivity index (χ0v) is 16.6. The maximum Gasteiger partial charge on any atom is 0.416 e. The third-order valence-electron chi connectivity index (χ3n) is 5.30. The van der Waals surface area contributed by atoms with Crippen molar-refractivity contribution in [1.82, 2.24) is 4.57 Å². The highest BCUT2D eigenvalue weighted by Crippen LogP contribution is 2.38. The van der Waals surface area contributed by atoms with Gasteiger partial charge in [0.2, 0.25) is 5.91 Å². The van der Waals surface area contributed by atoms with Crippen LogP contribution in [-0.4, -0.2) is 10.5 Å². The minimum atomic E-state index is -4.94. The Morgan fingerprint density at radius 1 is 0.875 bits per heavy atom. The van der Waals surface area contributed by atoms with Gasteiger partial charge in [0, 0.05) is 28.4 Å². The average Bonchev–Trinajstić information content (AvgIpc) is 2.99. The van der Waals surface area contributed by atoms with Crippen LogP contribution in [0.15, 0.2) is 54.6 Å². The van der Waals surface area contributed by atoms with E-state index in [2.05, 4.69) is 0 Å². The maximum atomic E-state index is 13.3. The van der Waals surface area contributed by atoms with Gasteiger partial charge < -0.3 is 10.3 Å². The van der Waals surface area contributed by atoms with Gasteiger partial charge in [-0.1, -0.05) is 18.2 Å². The van der Waals surface area contributed by atoms with Crippen molar-refractivity contribution < 1.29 is 31.1 Å². The van der Waals surface area contributed by atoms with Crippen molar-refractivity contribution in [1.29, 1.82) is 0 Å². The Morgan fingerprint density at radius 3 is 2.06 bits per heavy atom. The third-order valence-corrected chi connectivity index (χ3v) is 5.30. The van der Waals surface area contributed by atoms with E-state index in [9.17, 15) is 31.1 Å². The monoisotopic (exact) mass is 450 g/mol. The van der Waals surface area contributed by atoms with Crippen molar-refractivity contribution in [3.05, 3.63) is 82.4 Å². The topological polar surface area (TPSA) is 48.0 Å². The zero-order valence-electron chi connectivity index (χ0n) is 16.6. The molecular weight excluding hydrogens is 434 g/mol. The first kappa shape index (κ1) is 21.7. The molecule has 1 aromatic heterocycles. The number of alkyl halides is 6. The minimum absolute atomic E-state index is 0.102. The summed E-state index contributed by atoms with van der Waals surface area (Å²) < 4.78 is 81.3. The highest BCUT2D eigenvalue weighted by atomic mass is 19.4. The van der Waals surface area contributed by atoms with Crippen LogP contribution in [0.2, 0.25) is 0 Å². The van der Waals surface area contributed by atoms with Gasteiger partial charge in [0.25, 0.3) is 0 Å². The smallest absolute Gasteiger partial charge is 0.366 e. The van der Waals surface area contributed by atoms with Gasteiger partial charge in [0.1, 0.15) is 0 Å². The molecule has 32 heavy (non-hydrogen) atoms. The van der Waals surface area contributed by atoms with E-state index in [1.54, 1.807) is 34.9 Å². The summed E-state index contributed by atoms with van der Waals surface area (Å²) in [6.45, 7) is 1.54. The van der Waals surface area contributed by atoms with E-state index >= 15 is 0 Å². The number of carbonyl (C=O) groups is 1. The number of aryl methyl sites for hydroxylation is 1. The molecule has 1 heterocycles. The first-order valence-electron chi connectivity index (χ1n) is 9.46. The summed E-state index contributed by atoms with van der Waals surface area (Å²) in [5.74, 6) is -0.686. The fourth-order valence-corrected chi connectivity index (χ4v) is 3.92. The van der Waals surface area contributed by atoms with Crippen LogP contribution in [0.25, 0.3) is 21.8 Å². The number of nitrogens with two attached hydrogens (primary N) is 1. The Kier molecular flexibility index (Phi) is 4.95. The molecule has 0 spiro atoms. The summed E-state index contributed by atoms with van der Waals surface area (Å²) in [4.78, 5) is 12.0. The van der Waals surface area contributed by atoms with Crippen LogP contribution >= 0.6 is 0 Å². The number of nitrogens with zero attached hydrogens (tertiary/aromatic N) is 1. The number of halogens is 6. The molecule has 4 aromatic rings. The van der Waals surface area contributed by atoms with Crippen molar-refractivity contribution >= 4 is 27.7 Å². The Hall–Kier alpha value is -3.49. The molecule has 0 saturated heterocycles. The molecule has 1 amide bonds. The first-order chi connectivity index (χ1) is 14.9. The van der Waals surface area contributed by atoms with Gasteiger partial charge in [0.15, 0.2) is 0 Å². The quantitative estimate of drug-likeness (QED) is 0.367. The SMILES string of the molecule is Cc1ccc2c3c(C(N)=O)cccc3n(Cc3cc(C(F)(F)F)cc(C(F)(F)F)c3)c2c1. The van der Waals surface area contributed by atoms with Crippen LogP contribution in [0.4, 0.5) is 26.3 Å². The molecule has 3 aromatic carbocycles. The predicted octanol–water partition coefficient (Wildman–Crippen LogP) is 6.29. The molecule has 2 N–H and O–H groups in total. The number of amides is 1. The normalized spacial score (nSPS) is 12.6. The Bertz CT molecular complexity index is 1330. The van der Waals surface area contributed by atoms with Gasteiger partial charge in [-0.25, -0.2) is 0 Å². The molecule has 3 nitrogen and oxygen atoms in total. The van der Waals surface area contributed by atoms with Gasteiger partial charge in [-0.05, 0) is 54.4 Å². The Balaban J connectivity index is 2.00. The fraction of sp³-hybridized carbons (Fsp3) is 0.174. The number of carbonyl (C=O) groups excluding carboxylic acids is 1. The van der Waals surface area contributed by atoms with E-state index in [1.807, 2.05) is 6.92 Å². The minimum Gasteiger partial charge on any atom is -0.366 e. The fourth-order valence-electron chi connectivity index (χ4n) is 3.92. The number of benzene rings is 3. The molecule has 9 heteroatoms. The Labute approximate surface area is 178 Å². The lowest BCUT2D eigenvalue weighted by molar-refractivity contribution is -0.143. The Morgan fingerprint density at radius 2 is 1.50 bits per heavy atom. The van der Waals surface area contributed by atoms with Crippen molar-refractivity contribution in [3.63, 3.8) is 0 Å². The summed E-state index contributed by atoms with van der Waals surface area (Å²) in [5.41, 5.74) is 4.68. The highest BCUT2D eigenvalue weighted by Gasteiger charge is 2.37. The van der Waals surface area contributed by atoms with E-state index in [0.717, 1.165) is 5.56 Å². The van der Waals surface area contributed by atoms with Crippen molar-refractivity contribution in [2.45, 2.75) is 25.8 Å². The molecule has 0 aliphatic rings. The average molecular weight is 450 g/mol. The number of aromatic nitrogens is 1. The predicted molar refractivity (Wildman–Crippen MR) is 108 cm³/mol. The van der Waals surface area contributed by atoms with E-state index in [1.165, 1.54) is 6.07 Å². The molecule has 0 saturated carbocycles. The van der Waals surface area contributed by atoms with E-state index in [0.29, 0.717) is 33.9 Å². The van der Waals surface area contributed by atoms with Crippen LogP contribution in [0.1, 0.15) is 32.6 Å². The van der Waals surface area contributed by atoms with E-state index in [-0.39, 0.29) is 23.7 Å². The summed E-state index contributed by atoms with van der Waals surface area (Å²) in [7, 11) is 0. The first-order valence-corrected chi connectivity index (χ1v) is 9.46. The summed E-state index contributed by atoms with van der Waals surface area (Å²) in [5, 5.41) is 1.13. The highest BCUT2D eigenvalue weighted by molar-refractivity contribution is 6.17. The van der Waals surface area contributed by atoms with Gasteiger partial charge in [-0.3, -0.25) is 4.79 Å². The number of primary amides is 1. The summed E-state index contributed by atoms with van der Waals surface area (Å²) in [6.07, 6.45) is -9.88. The molecule has 4 rings (SSSR count). The second-order valence-electron chi connectivity index (χ2n) is 7.58. The number of rotatable bonds is 3. The van der Waals surface area contributed by atoms with Gasteiger partial charge >= 0.3 is 12.4 Å². The van der Waals surface area contributed by atoms with Gasteiger partial charge in [-0.15, -0.1) is 0 Å². The lowest BCUT2D eigenvalue weighted by Gasteiger charge is -2.15. The van der Waals surface area contributed by atoms with Gasteiger partial charge in [-0.2, -0.15) is 26.3 Å². The lowest BCUT2D eigenvalue weighted by atomic mass is 10.0. The zero-order chi connectivity index (χ0) is 23.4. The largest absolute Gasteiger partial charge is 0.416 e. The summed E-state index contributed by atoms with van der Waals surface area (Å²) >= 11 is 0. The number of hydrogen-bond donors (Lipinski definition) is 1. The van der Waals surface area contributed by atoms with Gasteiger partial charge in [0.05, 0.1) is 16.6 Å². The molecule has 0 bridgehead atoms. The molecular formula is C23H16F6N2O. The molecule has 0 aliphatic heterocycles. The van der Waals surface area contributed by atoms with Crippen LogP contribution in [0, 0.1) is 6.92 Å². The molecule has 0 fully saturated rings. The van der Waals surface area contributed by atoms with E-state index < -0.39 is 29.4 Å².